The maximum Gasteiger partial charge on any atom is 0.186 e. The Balaban J connectivity index is 2.55. The second kappa shape index (κ2) is 4.86. The Labute approximate surface area is 82.6 Å². The van der Waals surface area contributed by atoms with Crippen molar-refractivity contribution in [1.82, 2.24) is 0 Å². The Morgan fingerprint density at radius 2 is 1.93 bits per heavy atom. The van der Waals surface area contributed by atoms with Crippen molar-refractivity contribution in [3.05, 3.63) is 12.7 Å². The summed E-state index contributed by atoms with van der Waals surface area (Å²) in [5.74, 6) is 0. The van der Waals surface area contributed by atoms with Crippen LogP contribution in [0, 0.1) is 0 Å². The van der Waals surface area contributed by atoms with Crippen molar-refractivity contribution in [2.24, 2.45) is 0 Å². The first kappa shape index (κ1) is 11.6. The number of rotatable bonds is 3. The summed E-state index contributed by atoms with van der Waals surface area (Å²) in [4.78, 5) is 0. The quantitative estimate of drug-likeness (QED) is 0.515. The van der Waals surface area contributed by atoms with Gasteiger partial charge in [-0.25, -0.2) is 0 Å². The summed E-state index contributed by atoms with van der Waals surface area (Å²) in [5.41, 5.74) is 0. The highest BCUT2D eigenvalue weighted by molar-refractivity contribution is 4.87. The summed E-state index contributed by atoms with van der Waals surface area (Å²) in [7, 11) is 0. The van der Waals surface area contributed by atoms with E-state index >= 15 is 0 Å². The van der Waals surface area contributed by atoms with Gasteiger partial charge < -0.3 is 24.8 Å². The van der Waals surface area contributed by atoms with Crippen molar-refractivity contribution in [3.8, 4) is 0 Å². The maximum absolute atomic E-state index is 9.46. The Morgan fingerprint density at radius 3 is 2.50 bits per heavy atom. The van der Waals surface area contributed by atoms with Crippen molar-refractivity contribution >= 4 is 0 Å². The van der Waals surface area contributed by atoms with Gasteiger partial charge in [0.15, 0.2) is 6.29 Å². The largest absolute Gasteiger partial charge is 0.388 e. The minimum Gasteiger partial charge on any atom is -0.388 e. The molecule has 0 aromatic rings. The van der Waals surface area contributed by atoms with Crippen LogP contribution in [0.4, 0.5) is 0 Å². The predicted molar refractivity (Wildman–Crippen MR) is 48.5 cm³/mol. The third-order valence-electron chi connectivity index (χ3n) is 2.19. The van der Waals surface area contributed by atoms with Crippen LogP contribution < -0.4 is 0 Å². The van der Waals surface area contributed by atoms with E-state index in [1.54, 1.807) is 6.92 Å². The highest BCUT2D eigenvalue weighted by atomic mass is 16.7. The summed E-state index contributed by atoms with van der Waals surface area (Å²) >= 11 is 0. The second-order valence-corrected chi connectivity index (χ2v) is 3.30. The monoisotopic (exact) mass is 204 g/mol. The van der Waals surface area contributed by atoms with Gasteiger partial charge in [0.1, 0.15) is 18.3 Å². The first-order chi connectivity index (χ1) is 6.57. The Kier molecular flexibility index (Phi) is 4.03. The van der Waals surface area contributed by atoms with Crippen LogP contribution in [0.25, 0.3) is 0 Å². The van der Waals surface area contributed by atoms with E-state index in [0.29, 0.717) is 0 Å². The molecule has 1 aliphatic heterocycles. The number of hydrogen-bond donors (Lipinski definition) is 3. The topological polar surface area (TPSA) is 79.2 Å². The highest BCUT2D eigenvalue weighted by Crippen LogP contribution is 2.21. The van der Waals surface area contributed by atoms with Crippen LogP contribution in [-0.2, 0) is 9.47 Å². The lowest BCUT2D eigenvalue weighted by Crippen LogP contribution is -2.57. The van der Waals surface area contributed by atoms with Gasteiger partial charge in [-0.3, -0.25) is 0 Å². The molecule has 0 bridgehead atoms. The molecule has 1 aliphatic rings. The zero-order valence-corrected chi connectivity index (χ0v) is 8.04. The van der Waals surface area contributed by atoms with E-state index in [1.165, 1.54) is 6.08 Å². The van der Waals surface area contributed by atoms with Gasteiger partial charge in [-0.05, 0) is 6.92 Å². The molecule has 1 heterocycles. The molecule has 0 radical (unpaired) electrons. The normalized spacial score (nSPS) is 43.6. The molecule has 1 fully saturated rings. The standard InChI is InChI=1S/C9H16O5/c1-3-4-13-9-8(12)7(11)6(10)5(2)14-9/h3,5-12H,1,4H2,2H3/t5?,6-,7?,8?,9+/m0/s1. The van der Waals surface area contributed by atoms with Gasteiger partial charge in [0.05, 0.1) is 12.7 Å². The SMILES string of the molecule is C=CCO[C@@H]1OC(C)[C@H](O)C(O)C1O. The molecule has 0 spiro atoms. The van der Waals surface area contributed by atoms with Gasteiger partial charge >= 0.3 is 0 Å². The van der Waals surface area contributed by atoms with E-state index in [0.717, 1.165) is 0 Å². The minimum absolute atomic E-state index is 0.220. The summed E-state index contributed by atoms with van der Waals surface area (Å²) in [6.07, 6.45) is -3.54. The van der Waals surface area contributed by atoms with Crippen LogP contribution in [-0.4, -0.2) is 52.6 Å². The van der Waals surface area contributed by atoms with E-state index in [1.807, 2.05) is 0 Å². The molecule has 0 aromatic carbocycles. The highest BCUT2D eigenvalue weighted by Gasteiger charge is 2.42. The first-order valence-electron chi connectivity index (χ1n) is 4.50. The Bertz CT molecular complexity index is 196. The molecule has 3 N–H and O–H groups in total. The molecule has 1 saturated heterocycles. The average Bonchev–Trinajstić information content (AvgIpc) is 2.18. The van der Waals surface area contributed by atoms with E-state index in [9.17, 15) is 15.3 Å². The number of aliphatic hydroxyl groups is 3. The minimum atomic E-state index is -1.24. The fourth-order valence-corrected chi connectivity index (χ4v) is 1.31. The van der Waals surface area contributed by atoms with E-state index < -0.39 is 30.7 Å². The van der Waals surface area contributed by atoms with Gasteiger partial charge in [-0.15, -0.1) is 6.58 Å². The van der Waals surface area contributed by atoms with Crippen LogP contribution in [0.2, 0.25) is 0 Å². The van der Waals surface area contributed by atoms with Crippen molar-refractivity contribution < 1.29 is 24.8 Å². The zero-order chi connectivity index (χ0) is 10.7. The van der Waals surface area contributed by atoms with E-state index in [-0.39, 0.29) is 6.61 Å². The van der Waals surface area contributed by atoms with Crippen LogP contribution in [0.1, 0.15) is 6.92 Å². The van der Waals surface area contributed by atoms with Crippen molar-refractivity contribution in [1.29, 1.82) is 0 Å². The average molecular weight is 204 g/mol. The summed E-state index contributed by atoms with van der Waals surface area (Å²) < 4.78 is 10.2. The van der Waals surface area contributed by atoms with Crippen LogP contribution >= 0.6 is 0 Å². The van der Waals surface area contributed by atoms with Gasteiger partial charge in [-0.2, -0.15) is 0 Å². The molecule has 5 atom stereocenters. The predicted octanol–water partition coefficient (Wildman–Crippen LogP) is -0.984. The van der Waals surface area contributed by atoms with Crippen LogP contribution in [0.5, 0.6) is 0 Å². The van der Waals surface area contributed by atoms with Crippen molar-refractivity contribution in [2.45, 2.75) is 37.6 Å². The molecular weight excluding hydrogens is 188 g/mol. The third-order valence-corrected chi connectivity index (χ3v) is 2.19. The molecule has 0 aliphatic carbocycles. The summed E-state index contributed by atoms with van der Waals surface area (Å²) in [6, 6.07) is 0. The third kappa shape index (κ3) is 2.31. The van der Waals surface area contributed by atoms with E-state index in [4.69, 9.17) is 9.47 Å². The number of aliphatic hydroxyl groups excluding tert-OH is 3. The lowest BCUT2D eigenvalue weighted by atomic mass is 10.0. The molecule has 5 nitrogen and oxygen atoms in total. The Hall–Kier alpha value is -0.460. The van der Waals surface area contributed by atoms with E-state index in [2.05, 4.69) is 6.58 Å². The second-order valence-electron chi connectivity index (χ2n) is 3.30. The fraction of sp³-hybridized carbons (Fsp3) is 0.778. The maximum atomic E-state index is 9.46. The number of ether oxygens (including phenoxy) is 2. The van der Waals surface area contributed by atoms with Gasteiger partial charge in [-0.1, -0.05) is 6.08 Å². The fourth-order valence-electron chi connectivity index (χ4n) is 1.31. The zero-order valence-electron chi connectivity index (χ0n) is 8.04. The molecule has 1 rings (SSSR count). The van der Waals surface area contributed by atoms with Crippen molar-refractivity contribution in [2.75, 3.05) is 6.61 Å². The van der Waals surface area contributed by atoms with Gasteiger partial charge in [0, 0.05) is 0 Å². The summed E-state index contributed by atoms with van der Waals surface area (Å²) in [6.45, 7) is 5.27. The molecule has 0 aromatic heterocycles. The molecule has 0 amide bonds. The molecule has 82 valence electrons. The van der Waals surface area contributed by atoms with Crippen LogP contribution in [0.15, 0.2) is 12.7 Å². The first-order valence-corrected chi connectivity index (χ1v) is 4.50. The molecule has 0 saturated carbocycles. The van der Waals surface area contributed by atoms with Crippen molar-refractivity contribution in [3.63, 3.8) is 0 Å². The molecule has 3 unspecified atom stereocenters. The van der Waals surface area contributed by atoms with Crippen LogP contribution in [0.3, 0.4) is 0 Å². The number of hydrogen-bond acceptors (Lipinski definition) is 5. The lowest BCUT2D eigenvalue weighted by Gasteiger charge is -2.38. The summed E-state index contributed by atoms with van der Waals surface area (Å²) in [5, 5.41) is 28.2. The van der Waals surface area contributed by atoms with Gasteiger partial charge in [0.25, 0.3) is 0 Å². The molecule has 5 heteroatoms. The smallest absolute Gasteiger partial charge is 0.186 e. The molecule has 14 heavy (non-hydrogen) atoms. The lowest BCUT2D eigenvalue weighted by molar-refractivity contribution is -0.290. The Morgan fingerprint density at radius 1 is 1.29 bits per heavy atom. The van der Waals surface area contributed by atoms with Gasteiger partial charge in [0.2, 0.25) is 0 Å². The molecular formula is C9H16O5.